The first-order valence-electron chi connectivity index (χ1n) is 14.1. The van der Waals surface area contributed by atoms with Crippen LogP contribution < -0.4 is 4.90 Å². The van der Waals surface area contributed by atoms with E-state index in [-0.39, 0.29) is 37.4 Å². The third-order valence-corrected chi connectivity index (χ3v) is 7.87. The van der Waals surface area contributed by atoms with Gasteiger partial charge in [-0.05, 0) is 37.1 Å². The normalized spacial score (nSPS) is 16.9. The van der Waals surface area contributed by atoms with Gasteiger partial charge in [0.25, 0.3) is 17.7 Å². The van der Waals surface area contributed by atoms with Crippen LogP contribution in [0.1, 0.15) is 75.9 Å². The van der Waals surface area contributed by atoms with Crippen LogP contribution in [-0.4, -0.2) is 86.7 Å². The number of unbranched alkanes of at least 4 members (excludes halogenated alkanes) is 3. The summed E-state index contributed by atoms with van der Waals surface area (Å²) in [6.07, 6.45) is 4.37. The number of aromatic nitrogens is 2. The molecular formula is C30H37N5O5. The van der Waals surface area contributed by atoms with Crippen LogP contribution in [0.5, 0.6) is 0 Å². The van der Waals surface area contributed by atoms with Gasteiger partial charge in [-0.15, -0.1) is 0 Å². The lowest BCUT2D eigenvalue weighted by Crippen LogP contribution is -2.31. The average Bonchev–Trinajstić information content (AvgIpc) is 3.61. The van der Waals surface area contributed by atoms with Crippen molar-refractivity contribution in [1.29, 1.82) is 0 Å². The number of aliphatic hydroxyl groups is 2. The molecule has 2 N–H and O–H groups in total. The molecule has 0 spiro atoms. The second kappa shape index (κ2) is 11.8. The van der Waals surface area contributed by atoms with Crippen molar-refractivity contribution in [3.05, 3.63) is 58.9 Å². The maximum absolute atomic E-state index is 13.7. The minimum absolute atomic E-state index is 0.0562. The Kier molecular flexibility index (Phi) is 8.18. The summed E-state index contributed by atoms with van der Waals surface area (Å²) in [5.74, 6) is -0.428. The summed E-state index contributed by atoms with van der Waals surface area (Å²) in [5.41, 5.74) is 3.18. The van der Waals surface area contributed by atoms with Crippen LogP contribution in [0.2, 0.25) is 0 Å². The molecule has 1 aromatic heterocycles. The summed E-state index contributed by atoms with van der Waals surface area (Å²) < 4.78 is 1.80. The van der Waals surface area contributed by atoms with E-state index in [1.54, 1.807) is 46.8 Å². The fourth-order valence-corrected chi connectivity index (χ4v) is 5.68. The Hall–Kier alpha value is -3.76. The molecule has 1 saturated heterocycles. The Morgan fingerprint density at radius 2 is 1.82 bits per heavy atom. The molecule has 0 aliphatic carbocycles. The molecule has 1 atom stereocenters. The van der Waals surface area contributed by atoms with Gasteiger partial charge in [0, 0.05) is 33.2 Å². The molecule has 1 unspecified atom stereocenters. The van der Waals surface area contributed by atoms with Crippen LogP contribution in [0, 0.1) is 0 Å². The van der Waals surface area contributed by atoms with Crippen molar-refractivity contribution in [3.8, 4) is 0 Å². The molecule has 40 heavy (non-hydrogen) atoms. The maximum atomic E-state index is 13.7. The molecule has 3 heterocycles. The molecule has 212 valence electrons. The zero-order valence-electron chi connectivity index (χ0n) is 23.2. The molecule has 10 nitrogen and oxygen atoms in total. The Bertz CT molecular complexity index is 1400. The van der Waals surface area contributed by atoms with Gasteiger partial charge in [-0.1, -0.05) is 38.3 Å². The molecule has 1 fully saturated rings. The second-order valence-electron chi connectivity index (χ2n) is 10.7. The highest BCUT2D eigenvalue weighted by Gasteiger charge is 2.36. The number of rotatable bonds is 11. The SMILES string of the molecule is CCCCCCN(C)C(=O)c1cc2nc(CN3C(=O)c4ccccc4C3=O)n(CCO)c2cc1N1CCC(O)C1. The van der Waals surface area contributed by atoms with Gasteiger partial charge in [0.2, 0.25) is 0 Å². The van der Waals surface area contributed by atoms with Crippen molar-refractivity contribution in [3.63, 3.8) is 0 Å². The van der Waals surface area contributed by atoms with E-state index in [4.69, 9.17) is 4.98 Å². The molecule has 2 aliphatic rings. The van der Waals surface area contributed by atoms with Gasteiger partial charge >= 0.3 is 0 Å². The second-order valence-corrected chi connectivity index (χ2v) is 10.7. The van der Waals surface area contributed by atoms with E-state index in [9.17, 15) is 24.6 Å². The zero-order valence-corrected chi connectivity index (χ0v) is 23.2. The van der Waals surface area contributed by atoms with Gasteiger partial charge in [-0.25, -0.2) is 4.98 Å². The molecule has 5 rings (SSSR count). The van der Waals surface area contributed by atoms with Crippen molar-refractivity contribution in [2.75, 3.05) is 38.2 Å². The number of aliphatic hydroxyl groups excluding tert-OH is 2. The smallest absolute Gasteiger partial charge is 0.261 e. The third kappa shape index (κ3) is 5.21. The molecular weight excluding hydrogens is 510 g/mol. The molecule has 10 heteroatoms. The summed E-state index contributed by atoms with van der Waals surface area (Å²) in [4.78, 5) is 49.4. The van der Waals surface area contributed by atoms with E-state index in [1.807, 2.05) is 11.0 Å². The van der Waals surface area contributed by atoms with Crippen molar-refractivity contribution >= 4 is 34.4 Å². The fourth-order valence-electron chi connectivity index (χ4n) is 5.68. The highest BCUT2D eigenvalue weighted by Crippen LogP contribution is 2.32. The zero-order chi connectivity index (χ0) is 28.4. The quantitative estimate of drug-likeness (QED) is 0.280. The number of β-amino-alcohol motifs (C(OH)–C–C–N with tert-alkyl or cyclic N) is 1. The Labute approximate surface area is 233 Å². The fraction of sp³-hybridized carbons (Fsp3) is 0.467. The lowest BCUT2D eigenvalue weighted by Gasteiger charge is -2.24. The van der Waals surface area contributed by atoms with Gasteiger partial charge in [-0.2, -0.15) is 0 Å². The first-order valence-corrected chi connectivity index (χ1v) is 14.1. The van der Waals surface area contributed by atoms with Gasteiger partial charge in [-0.3, -0.25) is 19.3 Å². The van der Waals surface area contributed by atoms with Crippen molar-refractivity contribution in [2.24, 2.45) is 0 Å². The van der Waals surface area contributed by atoms with E-state index >= 15 is 0 Å². The topological polar surface area (TPSA) is 119 Å². The maximum Gasteiger partial charge on any atom is 0.261 e. The standard InChI is InChI=1S/C30H37N5O5/c1-3-4-5-8-12-32(2)28(38)23-16-24-26(17-25(23)33-13-11-20(37)18-33)34(14-15-36)27(31-24)19-35-29(39)21-9-6-7-10-22(21)30(35)40/h6-7,9-10,16-17,20,36-37H,3-5,8,11-15,18-19H2,1-2H3. The van der Waals surface area contributed by atoms with E-state index in [0.717, 1.165) is 25.7 Å². The number of nitrogens with zero attached hydrogens (tertiary/aromatic N) is 5. The number of amides is 3. The van der Waals surface area contributed by atoms with Crippen LogP contribution in [0.15, 0.2) is 36.4 Å². The molecule has 2 aliphatic heterocycles. The Balaban J connectivity index is 1.53. The highest BCUT2D eigenvalue weighted by molar-refractivity contribution is 6.21. The van der Waals surface area contributed by atoms with Crippen LogP contribution in [0.3, 0.4) is 0 Å². The van der Waals surface area contributed by atoms with Crippen LogP contribution in [0.4, 0.5) is 5.69 Å². The third-order valence-electron chi connectivity index (χ3n) is 7.87. The van der Waals surface area contributed by atoms with Crippen LogP contribution in [0.25, 0.3) is 11.0 Å². The predicted octanol–water partition coefficient (Wildman–Crippen LogP) is 3.05. The molecule has 2 aromatic carbocycles. The summed E-state index contributed by atoms with van der Waals surface area (Å²) >= 11 is 0. The predicted molar refractivity (Wildman–Crippen MR) is 151 cm³/mol. The number of fused-ring (bicyclic) bond motifs is 2. The van der Waals surface area contributed by atoms with Crippen LogP contribution >= 0.6 is 0 Å². The number of carbonyl (C=O) groups is 3. The molecule has 3 amide bonds. The number of benzene rings is 2. The monoisotopic (exact) mass is 547 g/mol. The first-order chi connectivity index (χ1) is 19.3. The summed E-state index contributed by atoms with van der Waals surface area (Å²) in [6.45, 7) is 3.81. The first kappa shape index (κ1) is 27.8. The summed E-state index contributed by atoms with van der Waals surface area (Å²) in [7, 11) is 1.80. The Morgan fingerprint density at radius 3 is 2.45 bits per heavy atom. The summed E-state index contributed by atoms with van der Waals surface area (Å²) in [5, 5.41) is 20.1. The van der Waals surface area contributed by atoms with Crippen molar-refractivity contribution in [2.45, 2.75) is 58.2 Å². The number of carbonyl (C=O) groups excluding carboxylic acids is 3. The molecule has 0 radical (unpaired) electrons. The number of imidazole rings is 1. The summed E-state index contributed by atoms with van der Waals surface area (Å²) in [6, 6.07) is 10.4. The van der Waals surface area contributed by atoms with Crippen molar-refractivity contribution < 1.29 is 24.6 Å². The number of imide groups is 1. The van der Waals surface area contributed by atoms with Gasteiger partial charge in [0.1, 0.15) is 5.82 Å². The van der Waals surface area contributed by atoms with E-state index in [0.29, 0.717) is 65.3 Å². The molecule has 0 saturated carbocycles. The Morgan fingerprint density at radius 1 is 1.10 bits per heavy atom. The minimum atomic E-state index is -0.475. The lowest BCUT2D eigenvalue weighted by molar-refractivity contribution is 0.0636. The molecule has 0 bridgehead atoms. The average molecular weight is 548 g/mol. The van der Waals surface area contributed by atoms with Gasteiger partial charge < -0.3 is 24.6 Å². The van der Waals surface area contributed by atoms with Crippen LogP contribution in [-0.2, 0) is 13.1 Å². The van der Waals surface area contributed by atoms with E-state index in [1.165, 1.54) is 4.90 Å². The van der Waals surface area contributed by atoms with E-state index in [2.05, 4.69) is 6.92 Å². The minimum Gasteiger partial charge on any atom is -0.395 e. The number of hydrogen-bond donors (Lipinski definition) is 2. The lowest BCUT2D eigenvalue weighted by atomic mass is 10.1. The van der Waals surface area contributed by atoms with Gasteiger partial charge in [0.15, 0.2) is 0 Å². The van der Waals surface area contributed by atoms with E-state index < -0.39 is 6.10 Å². The molecule has 3 aromatic rings. The number of hydrogen-bond acceptors (Lipinski definition) is 7. The number of anilines is 1. The van der Waals surface area contributed by atoms with Crippen molar-refractivity contribution in [1.82, 2.24) is 19.4 Å². The largest absolute Gasteiger partial charge is 0.395 e. The highest BCUT2D eigenvalue weighted by atomic mass is 16.3. The van der Waals surface area contributed by atoms with Gasteiger partial charge in [0.05, 0.1) is 52.7 Å².